The molecule has 0 spiro atoms. The molecule has 0 radical (unpaired) electrons. The summed E-state index contributed by atoms with van der Waals surface area (Å²) in [5.41, 5.74) is 2.04. The van der Waals surface area contributed by atoms with Gasteiger partial charge in [0.15, 0.2) is 0 Å². The molecule has 0 fully saturated rings. The molecular formula is C19H23N5O5S. The first-order valence-electron chi connectivity index (χ1n) is 9.06. The van der Waals surface area contributed by atoms with Crippen LogP contribution in [0.15, 0.2) is 42.5 Å². The molecule has 0 aliphatic heterocycles. The van der Waals surface area contributed by atoms with Crippen LogP contribution in [0.4, 0.5) is 4.79 Å². The van der Waals surface area contributed by atoms with Gasteiger partial charge < -0.3 is 9.47 Å². The molecule has 0 aliphatic carbocycles. The SMILES string of the molecule is COc1cccc2nnn(-c3ccc(CNS(=O)(=O)NC(=O)OC(C)(C)C)cc3)c12. The van der Waals surface area contributed by atoms with E-state index in [1.54, 1.807) is 56.8 Å². The molecule has 1 amide bonds. The third kappa shape index (κ3) is 5.24. The summed E-state index contributed by atoms with van der Waals surface area (Å²) < 4.78 is 40.1. The zero-order valence-corrected chi connectivity index (χ0v) is 17.9. The summed E-state index contributed by atoms with van der Waals surface area (Å²) in [4.78, 5) is 11.6. The van der Waals surface area contributed by atoms with E-state index in [0.29, 0.717) is 16.8 Å². The highest BCUT2D eigenvalue weighted by Crippen LogP contribution is 2.26. The Hall–Kier alpha value is -3.18. The van der Waals surface area contributed by atoms with Crippen LogP contribution in [-0.2, 0) is 21.5 Å². The van der Waals surface area contributed by atoms with Crippen LogP contribution in [0.1, 0.15) is 26.3 Å². The predicted molar refractivity (Wildman–Crippen MR) is 111 cm³/mol. The first-order chi connectivity index (χ1) is 14.1. The lowest BCUT2D eigenvalue weighted by atomic mass is 10.2. The van der Waals surface area contributed by atoms with Gasteiger partial charge in [0.05, 0.1) is 12.8 Å². The Labute approximate surface area is 174 Å². The van der Waals surface area contributed by atoms with Crippen molar-refractivity contribution >= 4 is 27.3 Å². The number of hydrogen-bond donors (Lipinski definition) is 2. The molecule has 0 bridgehead atoms. The number of carbonyl (C=O) groups excluding carboxylic acids is 1. The normalized spacial score (nSPS) is 12.0. The molecule has 0 aliphatic rings. The lowest BCUT2D eigenvalue weighted by Crippen LogP contribution is -2.42. The third-order valence-corrected chi connectivity index (χ3v) is 4.87. The molecule has 0 saturated carbocycles. The number of methoxy groups -OCH3 is 1. The second-order valence-corrected chi connectivity index (χ2v) is 8.92. The van der Waals surface area contributed by atoms with Crippen molar-refractivity contribution in [2.24, 2.45) is 0 Å². The van der Waals surface area contributed by atoms with Crippen LogP contribution in [0.5, 0.6) is 5.75 Å². The van der Waals surface area contributed by atoms with E-state index in [0.717, 1.165) is 11.2 Å². The van der Waals surface area contributed by atoms with E-state index in [4.69, 9.17) is 9.47 Å². The number of hydrogen-bond acceptors (Lipinski definition) is 7. The molecule has 0 saturated heterocycles. The molecule has 1 aromatic heterocycles. The molecule has 10 nitrogen and oxygen atoms in total. The topological polar surface area (TPSA) is 124 Å². The van der Waals surface area contributed by atoms with Gasteiger partial charge >= 0.3 is 16.3 Å². The van der Waals surface area contributed by atoms with E-state index in [-0.39, 0.29) is 6.54 Å². The summed E-state index contributed by atoms with van der Waals surface area (Å²) in [5, 5.41) is 8.30. The molecule has 0 atom stereocenters. The second-order valence-electron chi connectivity index (χ2n) is 7.42. The van der Waals surface area contributed by atoms with Crippen LogP contribution in [0.3, 0.4) is 0 Å². The summed E-state index contributed by atoms with van der Waals surface area (Å²) in [5.74, 6) is 0.641. The number of ether oxygens (including phenoxy) is 2. The summed E-state index contributed by atoms with van der Waals surface area (Å²) in [7, 11) is -2.49. The van der Waals surface area contributed by atoms with Gasteiger partial charge in [-0.25, -0.2) is 14.2 Å². The Balaban J connectivity index is 1.69. The Morgan fingerprint density at radius 1 is 1.13 bits per heavy atom. The number of aromatic nitrogens is 3. The molecule has 2 N–H and O–H groups in total. The average Bonchev–Trinajstić information content (AvgIpc) is 3.09. The van der Waals surface area contributed by atoms with Crippen molar-refractivity contribution in [2.45, 2.75) is 32.9 Å². The number of nitrogens with one attached hydrogen (secondary N) is 2. The van der Waals surface area contributed by atoms with E-state index in [1.807, 2.05) is 22.9 Å². The van der Waals surface area contributed by atoms with Gasteiger partial charge in [0, 0.05) is 6.54 Å². The van der Waals surface area contributed by atoms with Gasteiger partial charge in [-0.05, 0) is 50.6 Å². The number of nitrogens with zero attached hydrogens (tertiary/aromatic N) is 3. The number of para-hydroxylation sites is 1. The minimum absolute atomic E-state index is 0.0141. The molecular weight excluding hydrogens is 410 g/mol. The highest BCUT2D eigenvalue weighted by Gasteiger charge is 2.21. The summed E-state index contributed by atoms with van der Waals surface area (Å²) >= 11 is 0. The minimum atomic E-state index is -4.06. The van der Waals surface area contributed by atoms with Crippen molar-refractivity contribution in [3.05, 3.63) is 48.0 Å². The summed E-state index contributed by atoms with van der Waals surface area (Å²) in [6.07, 6.45) is -1.04. The third-order valence-electron chi connectivity index (χ3n) is 3.92. The first kappa shape index (κ1) is 21.5. The smallest absolute Gasteiger partial charge is 0.422 e. The van der Waals surface area contributed by atoms with Gasteiger partial charge in [-0.1, -0.05) is 23.4 Å². The van der Waals surface area contributed by atoms with Gasteiger partial charge in [0.25, 0.3) is 0 Å². The fourth-order valence-electron chi connectivity index (χ4n) is 2.67. The Bertz CT molecular complexity index is 1150. The van der Waals surface area contributed by atoms with Gasteiger partial charge in [0.1, 0.15) is 22.4 Å². The van der Waals surface area contributed by atoms with Gasteiger partial charge in [-0.15, -0.1) is 5.10 Å². The van der Waals surface area contributed by atoms with Crippen molar-refractivity contribution in [3.63, 3.8) is 0 Å². The number of amides is 1. The van der Waals surface area contributed by atoms with Crippen LogP contribution in [0, 0.1) is 0 Å². The van der Waals surface area contributed by atoms with Crippen molar-refractivity contribution in [3.8, 4) is 11.4 Å². The zero-order valence-electron chi connectivity index (χ0n) is 17.0. The number of rotatable bonds is 6. The summed E-state index contributed by atoms with van der Waals surface area (Å²) in [6.45, 7) is 4.91. The van der Waals surface area contributed by atoms with Crippen LogP contribution in [0.25, 0.3) is 16.7 Å². The maximum Gasteiger partial charge on any atom is 0.422 e. The maximum absolute atomic E-state index is 12.0. The van der Waals surface area contributed by atoms with E-state index >= 15 is 0 Å². The quantitative estimate of drug-likeness (QED) is 0.611. The number of fused-ring (bicyclic) bond motifs is 1. The largest absolute Gasteiger partial charge is 0.494 e. The molecule has 160 valence electrons. The molecule has 3 aromatic rings. The van der Waals surface area contributed by atoms with Crippen LogP contribution >= 0.6 is 0 Å². The van der Waals surface area contributed by atoms with Crippen LogP contribution in [0.2, 0.25) is 0 Å². The molecule has 2 aromatic carbocycles. The van der Waals surface area contributed by atoms with Gasteiger partial charge in [-0.3, -0.25) is 0 Å². The van der Waals surface area contributed by atoms with Crippen molar-refractivity contribution in [2.75, 3.05) is 7.11 Å². The van der Waals surface area contributed by atoms with E-state index < -0.39 is 21.9 Å². The standard InChI is InChI=1S/C19H23N5O5S/c1-19(2,3)29-18(25)22-30(26,27)20-12-13-8-10-14(11-9-13)24-17-15(21-23-24)6-5-7-16(17)28-4/h5-11,20H,12H2,1-4H3,(H,22,25). The van der Waals surface area contributed by atoms with E-state index in [9.17, 15) is 13.2 Å². The highest BCUT2D eigenvalue weighted by molar-refractivity contribution is 7.88. The number of carbonyl (C=O) groups is 1. The van der Waals surface area contributed by atoms with Crippen LogP contribution < -0.4 is 14.2 Å². The second kappa shape index (κ2) is 8.28. The Kier molecular flexibility index (Phi) is 5.94. The van der Waals surface area contributed by atoms with Gasteiger partial charge in [-0.2, -0.15) is 13.1 Å². The van der Waals surface area contributed by atoms with Gasteiger partial charge in [0.2, 0.25) is 0 Å². The zero-order chi connectivity index (χ0) is 21.9. The monoisotopic (exact) mass is 433 g/mol. The highest BCUT2D eigenvalue weighted by atomic mass is 32.2. The average molecular weight is 433 g/mol. The van der Waals surface area contributed by atoms with Crippen molar-refractivity contribution in [1.82, 2.24) is 24.4 Å². The lowest BCUT2D eigenvalue weighted by molar-refractivity contribution is 0.0569. The maximum atomic E-state index is 12.0. The molecule has 11 heteroatoms. The fraction of sp³-hybridized carbons (Fsp3) is 0.316. The van der Waals surface area contributed by atoms with E-state index in [2.05, 4.69) is 15.0 Å². The van der Waals surface area contributed by atoms with Crippen LogP contribution in [-0.4, -0.2) is 42.2 Å². The fourth-order valence-corrected chi connectivity index (χ4v) is 3.36. The van der Waals surface area contributed by atoms with Crippen molar-refractivity contribution in [1.29, 1.82) is 0 Å². The molecule has 3 rings (SSSR count). The minimum Gasteiger partial charge on any atom is -0.494 e. The van der Waals surface area contributed by atoms with E-state index in [1.165, 1.54) is 0 Å². The molecule has 0 unspecified atom stereocenters. The molecule has 30 heavy (non-hydrogen) atoms. The lowest BCUT2D eigenvalue weighted by Gasteiger charge is -2.19. The molecule has 1 heterocycles. The summed E-state index contributed by atoms with van der Waals surface area (Å²) in [6, 6.07) is 12.5. The first-order valence-corrected chi connectivity index (χ1v) is 10.5. The Morgan fingerprint density at radius 3 is 2.47 bits per heavy atom. The predicted octanol–water partition coefficient (Wildman–Crippen LogP) is 2.29. The Morgan fingerprint density at radius 2 is 1.83 bits per heavy atom. The number of benzene rings is 2. The van der Waals surface area contributed by atoms with Crippen molar-refractivity contribution < 1.29 is 22.7 Å².